The number of rotatable bonds is 5. The Labute approximate surface area is 180 Å². The van der Waals surface area contributed by atoms with E-state index in [1.165, 1.54) is 0 Å². The zero-order valence-electron chi connectivity index (χ0n) is 14.8. The number of hydrogen-bond acceptors (Lipinski definition) is 4. The Morgan fingerprint density at radius 2 is 1.50 bits per heavy atom. The number of aromatic nitrogens is 4. The maximum Gasteiger partial charge on any atom is 0.106 e. The van der Waals surface area contributed by atoms with Gasteiger partial charge in [-0.05, 0) is 79.9 Å². The van der Waals surface area contributed by atoms with Crippen molar-refractivity contribution in [3.05, 3.63) is 117 Å². The van der Waals surface area contributed by atoms with Crippen molar-refractivity contribution in [2.45, 2.75) is 11.8 Å². The molecular weight excluding hydrogens is 480 g/mol. The zero-order valence-corrected chi connectivity index (χ0v) is 18.0. The molecule has 0 spiro atoms. The first-order valence-electron chi connectivity index (χ1n) is 8.75. The van der Waals surface area contributed by atoms with Crippen LogP contribution in [0.15, 0.2) is 94.5 Å². The molecular formula is C22H16Br2N4. The number of hydrogen-bond donors (Lipinski definition) is 0. The molecule has 1 unspecified atom stereocenters. The van der Waals surface area contributed by atoms with Crippen LogP contribution in [0.3, 0.4) is 0 Å². The van der Waals surface area contributed by atoms with Gasteiger partial charge in [-0.2, -0.15) is 0 Å². The quantitative estimate of drug-likeness (QED) is 0.349. The van der Waals surface area contributed by atoms with Crippen LogP contribution in [-0.2, 0) is 11.8 Å². The number of halogens is 2. The van der Waals surface area contributed by atoms with Crippen molar-refractivity contribution in [2.24, 2.45) is 0 Å². The maximum atomic E-state index is 4.83. The van der Waals surface area contributed by atoms with Gasteiger partial charge in [0, 0.05) is 30.7 Å². The fourth-order valence-electron chi connectivity index (χ4n) is 3.41. The van der Waals surface area contributed by atoms with E-state index in [0.717, 1.165) is 31.9 Å². The van der Waals surface area contributed by atoms with Gasteiger partial charge in [0.15, 0.2) is 0 Å². The number of nitrogens with zero attached hydrogens (tertiary/aromatic N) is 4. The predicted molar refractivity (Wildman–Crippen MR) is 116 cm³/mol. The van der Waals surface area contributed by atoms with E-state index in [4.69, 9.17) is 9.97 Å². The summed E-state index contributed by atoms with van der Waals surface area (Å²) in [5.74, 6) is 0. The topological polar surface area (TPSA) is 51.6 Å². The van der Waals surface area contributed by atoms with E-state index >= 15 is 0 Å². The minimum Gasteiger partial charge on any atom is -0.264 e. The molecule has 4 rings (SSSR count). The van der Waals surface area contributed by atoms with Crippen molar-refractivity contribution >= 4 is 31.9 Å². The standard InChI is InChI=1S/C22H16Br2N4/c23-20-10-3-7-17(27-20)14-22(16-6-5-12-25-15-16,18-8-1-2-13-26-18)19-9-4-11-21(24)28-19/h1-13,15H,14H2. The lowest BCUT2D eigenvalue weighted by molar-refractivity contribution is 0.562. The number of pyridine rings is 4. The Balaban J connectivity index is 2.02. The third-order valence-electron chi connectivity index (χ3n) is 4.63. The van der Waals surface area contributed by atoms with Crippen molar-refractivity contribution in [3.63, 3.8) is 0 Å². The molecule has 4 aromatic rings. The van der Waals surface area contributed by atoms with E-state index in [-0.39, 0.29) is 0 Å². The normalized spacial score (nSPS) is 13.1. The first kappa shape index (κ1) is 18.9. The molecule has 0 aliphatic carbocycles. The van der Waals surface area contributed by atoms with E-state index in [2.05, 4.69) is 47.9 Å². The van der Waals surface area contributed by atoms with Crippen LogP contribution in [0.2, 0.25) is 0 Å². The molecule has 28 heavy (non-hydrogen) atoms. The molecule has 0 aliphatic heterocycles. The van der Waals surface area contributed by atoms with Crippen LogP contribution in [0.4, 0.5) is 0 Å². The molecule has 0 aromatic carbocycles. The molecule has 0 N–H and O–H groups in total. The highest BCUT2D eigenvalue weighted by Gasteiger charge is 2.40. The Bertz CT molecular complexity index is 1030. The molecule has 0 amide bonds. The second-order valence-corrected chi connectivity index (χ2v) is 7.96. The molecule has 4 nitrogen and oxygen atoms in total. The van der Waals surface area contributed by atoms with Crippen molar-refractivity contribution < 1.29 is 0 Å². The minimum absolute atomic E-state index is 0.596. The van der Waals surface area contributed by atoms with Gasteiger partial charge in [0.05, 0.1) is 16.8 Å². The molecule has 4 heterocycles. The van der Waals surface area contributed by atoms with Gasteiger partial charge in [0.2, 0.25) is 0 Å². The molecule has 0 radical (unpaired) electrons. The van der Waals surface area contributed by atoms with E-state index in [9.17, 15) is 0 Å². The summed E-state index contributed by atoms with van der Waals surface area (Å²) in [6.45, 7) is 0. The lowest BCUT2D eigenvalue weighted by Crippen LogP contribution is -2.34. The van der Waals surface area contributed by atoms with Gasteiger partial charge in [0.25, 0.3) is 0 Å². The van der Waals surface area contributed by atoms with Crippen molar-refractivity contribution in [1.82, 2.24) is 19.9 Å². The van der Waals surface area contributed by atoms with Gasteiger partial charge < -0.3 is 0 Å². The third kappa shape index (κ3) is 3.75. The van der Waals surface area contributed by atoms with E-state index in [1.807, 2.05) is 73.1 Å². The van der Waals surface area contributed by atoms with E-state index < -0.39 is 5.41 Å². The smallest absolute Gasteiger partial charge is 0.106 e. The second-order valence-electron chi connectivity index (χ2n) is 6.34. The Morgan fingerprint density at radius 1 is 0.714 bits per heavy atom. The molecule has 0 saturated carbocycles. The van der Waals surface area contributed by atoms with Gasteiger partial charge >= 0.3 is 0 Å². The van der Waals surface area contributed by atoms with Crippen molar-refractivity contribution in [1.29, 1.82) is 0 Å². The molecule has 0 saturated heterocycles. The van der Waals surface area contributed by atoms with Crippen molar-refractivity contribution in [2.75, 3.05) is 0 Å². The molecule has 0 bridgehead atoms. The van der Waals surface area contributed by atoms with Crippen LogP contribution in [0.5, 0.6) is 0 Å². The van der Waals surface area contributed by atoms with Crippen LogP contribution in [0.1, 0.15) is 22.6 Å². The van der Waals surface area contributed by atoms with Crippen molar-refractivity contribution in [3.8, 4) is 0 Å². The van der Waals surface area contributed by atoms with E-state index in [0.29, 0.717) is 6.42 Å². The van der Waals surface area contributed by atoms with Crippen LogP contribution in [0, 0.1) is 0 Å². The Kier molecular flexibility index (Phi) is 5.59. The fourth-order valence-corrected chi connectivity index (χ4v) is 4.13. The molecule has 4 aromatic heterocycles. The van der Waals surface area contributed by atoms with Crippen LogP contribution in [0.25, 0.3) is 0 Å². The highest BCUT2D eigenvalue weighted by Crippen LogP contribution is 2.40. The summed E-state index contributed by atoms with van der Waals surface area (Å²) in [6.07, 6.45) is 6.07. The lowest BCUT2D eigenvalue weighted by atomic mass is 9.71. The Morgan fingerprint density at radius 3 is 2.18 bits per heavy atom. The summed E-state index contributed by atoms with van der Waals surface area (Å²) in [4.78, 5) is 18.6. The van der Waals surface area contributed by atoms with Gasteiger partial charge in [0.1, 0.15) is 9.21 Å². The average molecular weight is 496 g/mol. The van der Waals surface area contributed by atoms with Crippen LogP contribution in [-0.4, -0.2) is 19.9 Å². The molecule has 0 aliphatic rings. The molecule has 6 heteroatoms. The predicted octanol–water partition coefficient (Wildman–Crippen LogP) is 5.37. The highest BCUT2D eigenvalue weighted by molar-refractivity contribution is 9.10. The van der Waals surface area contributed by atoms with Gasteiger partial charge in [-0.3, -0.25) is 9.97 Å². The third-order valence-corrected chi connectivity index (χ3v) is 5.51. The van der Waals surface area contributed by atoms with Gasteiger partial charge in [-0.1, -0.05) is 24.3 Å². The summed E-state index contributed by atoms with van der Waals surface area (Å²) in [5, 5.41) is 0. The minimum atomic E-state index is -0.632. The summed E-state index contributed by atoms with van der Waals surface area (Å²) in [6, 6.07) is 21.9. The summed E-state index contributed by atoms with van der Waals surface area (Å²) < 4.78 is 1.57. The Hall–Kier alpha value is -2.44. The molecule has 0 fully saturated rings. The largest absolute Gasteiger partial charge is 0.264 e. The zero-order chi connectivity index (χ0) is 19.4. The summed E-state index contributed by atoms with van der Waals surface area (Å²) in [7, 11) is 0. The average Bonchev–Trinajstić information content (AvgIpc) is 2.73. The fraction of sp³-hybridized carbons (Fsp3) is 0.0909. The maximum absolute atomic E-state index is 4.83. The lowest BCUT2D eigenvalue weighted by Gasteiger charge is -2.33. The highest BCUT2D eigenvalue weighted by atomic mass is 79.9. The first-order valence-corrected chi connectivity index (χ1v) is 10.3. The molecule has 138 valence electrons. The van der Waals surface area contributed by atoms with Gasteiger partial charge in [-0.25, -0.2) is 9.97 Å². The van der Waals surface area contributed by atoms with E-state index in [1.54, 1.807) is 6.20 Å². The SMILES string of the molecule is Brc1cccc(CC(c2cccnc2)(c2ccccn2)c2cccc(Br)n2)n1. The second kappa shape index (κ2) is 8.29. The van der Waals surface area contributed by atoms with Crippen LogP contribution < -0.4 is 0 Å². The van der Waals surface area contributed by atoms with Gasteiger partial charge in [-0.15, -0.1) is 0 Å². The monoisotopic (exact) mass is 494 g/mol. The first-order chi connectivity index (χ1) is 13.7. The summed E-state index contributed by atoms with van der Waals surface area (Å²) >= 11 is 7.01. The summed E-state index contributed by atoms with van der Waals surface area (Å²) in [5.41, 5.74) is 3.10. The van der Waals surface area contributed by atoms with Crippen LogP contribution >= 0.6 is 31.9 Å². The molecule has 1 atom stereocenters.